The van der Waals surface area contributed by atoms with Gasteiger partial charge in [0.05, 0.1) is 17.8 Å². The summed E-state index contributed by atoms with van der Waals surface area (Å²) < 4.78 is 29.6. The SMILES string of the molecule is COc1ccccc1CCCCNC(=O)CCS(=O)(=O)c1ccccc1. The zero-order valence-electron chi connectivity index (χ0n) is 15.0. The lowest BCUT2D eigenvalue weighted by Gasteiger charge is -2.09. The van der Waals surface area contributed by atoms with E-state index in [9.17, 15) is 13.2 Å². The summed E-state index contributed by atoms with van der Waals surface area (Å²) in [5, 5.41) is 2.79. The molecule has 140 valence electrons. The molecular formula is C20H25NO4S. The van der Waals surface area contributed by atoms with Gasteiger partial charge in [-0.05, 0) is 43.0 Å². The topological polar surface area (TPSA) is 72.5 Å². The molecule has 26 heavy (non-hydrogen) atoms. The average molecular weight is 375 g/mol. The number of ether oxygens (including phenoxy) is 1. The van der Waals surface area contributed by atoms with E-state index in [0.717, 1.165) is 30.6 Å². The van der Waals surface area contributed by atoms with E-state index in [-0.39, 0.29) is 23.0 Å². The highest BCUT2D eigenvalue weighted by Gasteiger charge is 2.15. The van der Waals surface area contributed by atoms with Crippen LogP contribution in [0.5, 0.6) is 5.75 Å². The highest BCUT2D eigenvalue weighted by molar-refractivity contribution is 7.91. The van der Waals surface area contributed by atoms with Gasteiger partial charge < -0.3 is 10.1 Å². The van der Waals surface area contributed by atoms with Gasteiger partial charge in [0.1, 0.15) is 5.75 Å². The van der Waals surface area contributed by atoms with E-state index >= 15 is 0 Å². The first-order valence-corrected chi connectivity index (χ1v) is 10.3. The zero-order chi connectivity index (χ0) is 18.8. The van der Waals surface area contributed by atoms with Crippen molar-refractivity contribution in [2.75, 3.05) is 19.4 Å². The molecule has 0 bridgehead atoms. The fraction of sp³-hybridized carbons (Fsp3) is 0.350. The van der Waals surface area contributed by atoms with Gasteiger partial charge in [0, 0.05) is 13.0 Å². The predicted octanol–water partition coefficient (Wildman–Crippen LogP) is 3.00. The second-order valence-electron chi connectivity index (χ2n) is 6.00. The molecule has 2 rings (SSSR count). The van der Waals surface area contributed by atoms with E-state index in [1.165, 1.54) is 0 Å². The maximum atomic E-state index is 12.1. The molecule has 5 nitrogen and oxygen atoms in total. The van der Waals surface area contributed by atoms with Crippen LogP contribution < -0.4 is 10.1 Å². The van der Waals surface area contributed by atoms with Crippen molar-refractivity contribution >= 4 is 15.7 Å². The fourth-order valence-corrected chi connectivity index (χ4v) is 3.90. The molecule has 0 unspecified atom stereocenters. The van der Waals surface area contributed by atoms with Crippen molar-refractivity contribution in [1.29, 1.82) is 0 Å². The summed E-state index contributed by atoms with van der Waals surface area (Å²) in [6, 6.07) is 16.1. The number of carbonyl (C=O) groups is 1. The molecule has 2 aromatic carbocycles. The summed E-state index contributed by atoms with van der Waals surface area (Å²) in [5.41, 5.74) is 1.15. The highest BCUT2D eigenvalue weighted by atomic mass is 32.2. The highest BCUT2D eigenvalue weighted by Crippen LogP contribution is 2.19. The molecule has 0 spiro atoms. The molecule has 0 heterocycles. The van der Waals surface area contributed by atoms with Crippen molar-refractivity contribution in [3.8, 4) is 5.75 Å². The lowest BCUT2D eigenvalue weighted by molar-refractivity contribution is -0.120. The Morgan fingerprint density at radius 1 is 1.00 bits per heavy atom. The third kappa shape index (κ3) is 6.19. The molecule has 0 saturated heterocycles. The van der Waals surface area contributed by atoms with Crippen LogP contribution >= 0.6 is 0 Å². The molecule has 1 amide bonds. The number of benzene rings is 2. The Bertz CT molecular complexity index is 804. The van der Waals surface area contributed by atoms with Gasteiger partial charge in [-0.1, -0.05) is 36.4 Å². The predicted molar refractivity (Wildman–Crippen MR) is 102 cm³/mol. The molecular weight excluding hydrogens is 350 g/mol. The van der Waals surface area contributed by atoms with Crippen LogP contribution in [0.25, 0.3) is 0 Å². The van der Waals surface area contributed by atoms with Gasteiger partial charge in [-0.15, -0.1) is 0 Å². The molecule has 0 fully saturated rings. The normalized spacial score (nSPS) is 11.1. The van der Waals surface area contributed by atoms with Crippen LogP contribution in [0.15, 0.2) is 59.5 Å². The van der Waals surface area contributed by atoms with Gasteiger partial charge in [-0.25, -0.2) is 8.42 Å². The molecule has 0 aromatic heterocycles. The third-order valence-electron chi connectivity index (χ3n) is 4.09. The van der Waals surface area contributed by atoms with Crippen LogP contribution in [0.2, 0.25) is 0 Å². The van der Waals surface area contributed by atoms with Crippen molar-refractivity contribution in [3.63, 3.8) is 0 Å². The Hall–Kier alpha value is -2.34. The fourth-order valence-electron chi connectivity index (χ4n) is 2.64. The number of hydrogen-bond acceptors (Lipinski definition) is 4. The van der Waals surface area contributed by atoms with Gasteiger partial charge in [-0.2, -0.15) is 0 Å². The molecule has 0 atom stereocenters. The van der Waals surface area contributed by atoms with Crippen LogP contribution in [0.4, 0.5) is 0 Å². The summed E-state index contributed by atoms with van der Waals surface area (Å²) in [7, 11) is -1.75. The van der Waals surface area contributed by atoms with Crippen molar-refractivity contribution in [3.05, 3.63) is 60.2 Å². The average Bonchev–Trinajstić information content (AvgIpc) is 2.67. The quantitative estimate of drug-likeness (QED) is 0.648. The van der Waals surface area contributed by atoms with Crippen LogP contribution in [-0.2, 0) is 21.1 Å². The van der Waals surface area contributed by atoms with E-state index in [2.05, 4.69) is 5.32 Å². The van der Waals surface area contributed by atoms with Crippen molar-refractivity contribution in [1.82, 2.24) is 5.32 Å². The van der Waals surface area contributed by atoms with Crippen LogP contribution in [-0.4, -0.2) is 33.7 Å². The molecule has 6 heteroatoms. The van der Waals surface area contributed by atoms with E-state index < -0.39 is 9.84 Å². The Kier molecular flexibility index (Phi) is 7.66. The third-order valence-corrected chi connectivity index (χ3v) is 5.82. The first-order chi connectivity index (χ1) is 12.5. The van der Waals surface area contributed by atoms with Gasteiger partial charge in [0.2, 0.25) is 5.91 Å². The number of nitrogens with one attached hydrogen (secondary N) is 1. The number of methoxy groups -OCH3 is 1. The van der Waals surface area contributed by atoms with E-state index in [0.29, 0.717) is 6.54 Å². The summed E-state index contributed by atoms with van der Waals surface area (Å²) >= 11 is 0. The van der Waals surface area contributed by atoms with Gasteiger partial charge in [0.25, 0.3) is 0 Å². The number of para-hydroxylation sites is 1. The van der Waals surface area contributed by atoms with Gasteiger partial charge in [0.15, 0.2) is 9.84 Å². The minimum absolute atomic E-state index is 0.0241. The molecule has 0 aliphatic carbocycles. The van der Waals surface area contributed by atoms with E-state index in [1.807, 2.05) is 24.3 Å². The molecule has 0 radical (unpaired) electrons. The molecule has 0 aliphatic rings. The largest absolute Gasteiger partial charge is 0.496 e. The number of amides is 1. The monoisotopic (exact) mass is 375 g/mol. The lowest BCUT2D eigenvalue weighted by Crippen LogP contribution is -2.26. The Morgan fingerprint density at radius 2 is 1.69 bits per heavy atom. The molecule has 2 aromatic rings. The summed E-state index contributed by atoms with van der Waals surface area (Å²) in [4.78, 5) is 12.1. The van der Waals surface area contributed by atoms with Gasteiger partial charge >= 0.3 is 0 Å². The number of sulfone groups is 1. The van der Waals surface area contributed by atoms with E-state index in [4.69, 9.17) is 4.74 Å². The number of hydrogen-bond donors (Lipinski definition) is 1. The Labute approximate surface area is 155 Å². The van der Waals surface area contributed by atoms with Crippen molar-refractivity contribution in [2.45, 2.75) is 30.6 Å². The molecule has 0 aliphatic heterocycles. The lowest BCUT2D eigenvalue weighted by atomic mass is 10.1. The van der Waals surface area contributed by atoms with E-state index in [1.54, 1.807) is 37.4 Å². The smallest absolute Gasteiger partial charge is 0.221 e. The van der Waals surface area contributed by atoms with Gasteiger partial charge in [-0.3, -0.25) is 4.79 Å². The first kappa shape index (κ1) is 20.0. The minimum atomic E-state index is -3.41. The van der Waals surface area contributed by atoms with Crippen LogP contribution in [0.3, 0.4) is 0 Å². The maximum absolute atomic E-state index is 12.1. The summed E-state index contributed by atoms with van der Waals surface area (Å²) in [6.45, 7) is 0.541. The molecule has 1 N–H and O–H groups in total. The zero-order valence-corrected chi connectivity index (χ0v) is 15.8. The molecule has 0 saturated carbocycles. The van der Waals surface area contributed by atoms with Crippen molar-refractivity contribution in [2.24, 2.45) is 0 Å². The van der Waals surface area contributed by atoms with Crippen LogP contribution in [0, 0.1) is 0 Å². The number of rotatable bonds is 10. The van der Waals surface area contributed by atoms with Crippen LogP contribution in [0.1, 0.15) is 24.8 Å². The number of carbonyl (C=O) groups excluding carboxylic acids is 1. The minimum Gasteiger partial charge on any atom is -0.496 e. The number of aryl methyl sites for hydroxylation is 1. The standard InChI is InChI=1S/C20H25NO4S/c1-25-19-13-6-5-9-17(19)10-7-8-15-21-20(22)14-16-26(23,24)18-11-3-2-4-12-18/h2-6,9,11-13H,7-8,10,14-16H2,1H3,(H,21,22). The Morgan fingerprint density at radius 3 is 2.42 bits per heavy atom. The second-order valence-corrected chi connectivity index (χ2v) is 8.11. The summed E-state index contributed by atoms with van der Waals surface area (Å²) in [6.07, 6.45) is 2.60. The summed E-state index contributed by atoms with van der Waals surface area (Å²) in [5.74, 6) is 0.466. The van der Waals surface area contributed by atoms with Crippen molar-refractivity contribution < 1.29 is 17.9 Å². The Balaban J connectivity index is 1.66. The maximum Gasteiger partial charge on any atom is 0.221 e. The first-order valence-electron chi connectivity index (χ1n) is 8.69. The number of unbranched alkanes of at least 4 members (excludes halogenated alkanes) is 1. The second kappa shape index (κ2) is 9.97.